The predicted octanol–water partition coefficient (Wildman–Crippen LogP) is 2.57. The van der Waals surface area contributed by atoms with Crippen LogP contribution >= 0.6 is 15.9 Å². The van der Waals surface area contributed by atoms with E-state index in [4.69, 9.17) is 5.11 Å². The van der Waals surface area contributed by atoms with Crippen molar-refractivity contribution in [2.75, 3.05) is 24.6 Å². The molecule has 1 aromatic rings. The highest BCUT2D eigenvalue weighted by Crippen LogP contribution is 2.32. The van der Waals surface area contributed by atoms with Crippen molar-refractivity contribution in [1.29, 1.82) is 0 Å². The third-order valence-electron chi connectivity index (χ3n) is 3.36. The van der Waals surface area contributed by atoms with Crippen LogP contribution in [0.1, 0.15) is 12.8 Å². The highest BCUT2D eigenvalue weighted by molar-refractivity contribution is 9.10. The maximum atomic E-state index is 10.7. The second-order valence-electron chi connectivity index (χ2n) is 4.51. The molecular weight excluding hydrogens is 300 g/mol. The van der Waals surface area contributed by atoms with Gasteiger partial charge in [-0.05, 0) is 40.8 Å². The highest BCUT2D eigenvalue weighted by Gasteiger charge is 2.21. The number of rotatable bonds is 3. The molecule has 98 valence electrons. The van der Waals surface area contributed by atoms with E-state index < -0.39 is 4.92 Å². The number of hydrogen-bond acceptors (Lipinski definition) is 4. The molecular formula is C12H15BrN2O3. The molecule has 5 nitrogen and oxygen atoms in total. The van der Waals surface area contributed by atoms with Crippen molar-refractivity contribution in [2.45, 2.75) is 12.8 Å². The number of anilines is 1. The van der Waals surface area contributed by atoms with E-state index in [1.54, 1.807) is 6.07 Å². The van der Waals surface area contributed by atoms with Gasteiger partial charge in [0.15, 0.2) is 0 Å². The van der Waals surface area contributed by atoms with E-state index in [0.717, 1.165) is 36.1 Å². The Kier molecular flexibility index (Phi) is 4.19. The zero-order valence-corrected chi connectivity index (χ0v) is 11.5. The Morgan fingerprint density at radius 1 is 1.44 bits per heavy atom. The standard InChI is InChI=1S/C12H15BrN2O3/c13-11-7-10(15(17)18)1-2-12(11)14-5-3-9(8-16)4-6-14/h1-2,7,9,16H,3-6,8H2. The largest absolute Gasteiger partial charge is 0.396 e. The quantitative estimate of drug-likeness (QED) is 0.688. The Morgan fingerprint density at radius 2 is 2.11 bits per heavy atom. The lowest BCUT2D eigenvalue weighted by Crippen LogP contribution is -2.34. The van der Waals surface area contributed by atoms with Gasteiger partial charge in [0.1, 0.15) is 0 Å². The lowest BCUT2D eigenvalue weighted by atomic mass is 9.97. The van der Waals surface area contributed by atoms with Crippen molar-refractivity contribution in [3.63, 3.8) is 0 Å². The van der Waals surface area contributed by atoms with Gasteiger partial charge in [-0.2, -0.15) is 0 Å². The third-order valence-corrected chi connectivity index (χ3v) is 3.99. The Morgan fingerprint density at radius 3 is 2.61 bits per heavy atom. The molecule has 0 atom stereocenters. The first kappa shape index (κ1) is 13.3. The fourth-order valence-electron chi connectivity index (χ4n) is 2.22. The second-order valence-corrected chi connectivity index (χ2v) is 5.36. The number of nitro benzene ring substituents is 1. The maximum absolute atomic E-state index is 10.7. The predicted molar refractivity (Wildman–Crippen MR) is 72.8 cm³/mol. The van der Waals surface area contributed by atoms with Gasteiger partial charge in [-0.15, -0.1) is 0 Å². The molecule has 0 bridgehead atoms. The molecule has 0 amide bonds. The summed E-state index contributed by atoms with van der Waals surface area (Å²) in [4.78, 5) is 12.5. The molecule has 1 aliphatic rings. The Labute approximate surface area is 114 Å². The molecule has 2 rings (SSSR count). The van der Waals surface area contributed by atoms with Gasteiger partial charge in [-0.1, -0.05) is 0 Å². The molecule has 1 N–H and O–H groups in total. The number of halogens is 1. The number of benzene rings is 1. The molecule has 1 saturated heterocycles. The van der Waals surface area contributed by atoms with Crippen LogP contribution in [0.5, 0.6) is 0 Å². The number of nitro groups is 1. The van der Waals surface area contributed by atoms with Crippen LogP contribution in [-0.4, -0.2) is 29.7 Å². The zero-order chi connectivity index (χ0) is 13.1. The van der Waals surface area contributed by atoms with Gasteiger partial charge < -0.3 is 10.0 Å². The summed E-state index contributed by atoms with van der Waals surface area (Å²) in [5.41, 5.74) is 1.08. The van der Waals surface area contributed by atoms with E-state index in [2.05, 4.69) is 20.8 Å². The number of nitrogens with zero attached hydrogens (tertiary/aromatic N) is 2. The number of hydrogen-bond donors (Lipinski definition) is 1. The molecule has 0 radical (unpaired) electrons. The van der Waals surface area contributed by atoms with Crippen molar-refractivity contribution in [3.8, 4) is 0 Å². The summed E-state index contributed by atoms with van der Waals surface area (Å²) in [6.45, 7) is 2.00. The Balaban J connectivity index is 2.12. The van der Waals surface area contributed by atoms with E-state index in [0.29, 0.717) is 5.92 Å². The highest BCUT2D eigenvalue weighted by atomic mass is 79.9. The fourth-order valence-corrected chi connectivity index (χ4v) is 2.84. The summed E-state index contributed by atoms with van der Waals surface area (Å²) in [6.07, 6.45) is 1.92. The summed E-state index contributed by atoms with van der Waals surface area (Å²) in [7, 11) is 0. The van der Waals surface area contributed by atoms with Crippen LogP contribution < -0.4 is 4.90 Å². The lowest BCUT2D eigenvalue weighted by Gasteiger charge is -2.33. The summed E-state index contributed by atoms with van der Waals surface area (Å²) in [6, 6.07) is 4.84. The summed E-state index contributed by atoms with van der Waals surface area (Å²) in [5, 5.41) is 19.8. The van der Waals surface area contributed by atoms with Crippen molar-refractivity contribution in [3.05, 3.63) is 32.8 Å². The first-order valence-corrected chi connectivity index (χ1v) is 6.71. The van der Waals surface area contributed by atoms with Crippen LogP contribution in [0.4, 0.5) is 11.4 Å². The van der Waals surface area contributed by atoms with E-state index in [1.165, 1.54) is 12.1 Å². The van der Waals surface area contributed by atoms with Crippen molar-refractivity contribution < 1.29 is 10.0 Å². The molecule has 0 saturated carbocycles. The molecule has 0 spiro atoms. The van der Waals surface area contributed by atoms with Gasteiger partial charge in [-0.25, -0.2) is 0 Å². The van der Waals surface area contributed by atoms with Crippen LogP contribution in [0.2, 0.25) is 0 Å². The Bertz CT molecular complexity index is 445. The zero-order valence-electron chi connectivity index (χ0n) is 9.88. The second kappa shape index (κ2) is 5.67. The minimum Gasteiger partial charge on any atom is -0.396 e. The minimum atomic E-state index is -0.396. The Hall–Kier alpha value is -1.14. The molecule has 0 aromatic heterocycles. The van der Waals surface area contributed by atoms with E-state index >= 15 is 0 Å². The molecule has 0 unspecified atom stereocenters. The van der Waals surface area contributed by atoms with Gasteiger partial charge in [-0.3, -0.25) is 10.1 Å². The molecule has 1 aromatic carbocycles. The van der Waals surface area contributed by atoms with Gasteiger partial charge in [0, 0.05) is 36.3 Å². The van der Waals surface area contributed by atoms with Crippen LogP contribution in [0.3, 0.4) is 0 Å². The van der Waals surface area contributed by atoms with Crippen molar-refractivity contribution in [1.82, 2.24) is 0 Å². The smallest absolute Gasteiger partial charge is 0.270 e. The van der Waals surface area contributed by atoms with Crippen LogP contribution in [0.15, 0.2) is 22.7 Å². The maximum Gasteiger partial charge on any atom is 0.270 e. The number of piperidine rings is 1. The summed E-state index contributed by atoms with van der Waals surface area (Å²) >= 11 is 3.39. The SMILES string of the molecule is O=[N+]([O-])c1ccc(N2CCC(CO)CC2)c(Br)c1. The van der Waals surface area contributed by atoms with Crippen LogP contribution in [-0.2, 0) is 0 Å². The first-order chi connectivity index (χ1) is 8.61. The normalized spacial score (nSPS) is 16.9. The van der Waals surface area contributed by atoms with E-state index in [1.807, 2.05) is 0 Å². The molecule has 1 fully saturated rings. The monoisotopic (exact) mass is 314 g/mol. The van der Waals surface area contributed by atoms with Crippen LogP contribution in [0, 0.1) is 16.0 Å². The molecule has 1 heterocycles. The van der Waals surface area contributed by atoms with Gasteiger partial charge in [0.25, 0.3) is 5.69 Å². The molecule has 1 aliphatic heterocycles. The average Bonchev–Trinajstić information content (AvgIpc) is 2.38. The molecule has 18 heavy (non-hydrogen) atoms. The minimum absolute atomic E-state index is 0.0934. The number of aliphatic hydroxyl groups excluding tert-OH is 1. The molecule has 0 aliphatic carbocycles. The number of aliphatic hydroxyl groups is 1. The average molecular weight is 315 g/mol. The first-order valence-electron chi connectivity index (χ1n) is 5.91. The fraction of sp³-hybridized carbons (Fsp3) is 0.500. The van der Waals surface area contributed by atoms with Gasteiger partial charge in [0.2, 0.25) is 0 Å². The third kappa shape index (κ3) is 2.81. The summed E-state index contributed by atoms with van der Waals surface area (Å²) in [5.74, 6) is 0.387. The van der Waals surface area contributed by atoms with Crippen LogP contribution in [0.25, 0.3) is 0 Å². The van der Waals surface area contributed by atoms with Gasteiger partial charge in [0.05, 0.1) is 10.6 Å². The topological polar surface area (TPSA) is 66.6 Å². The van der Waals surface area contributed by atoms with Crippen molar-refractivity contribution in [2.24, 2.45) is 5.92 Å². The molecule has 6 heteroatoms. The lowest BCUT2D eigenvalue weighted by molar-refractivity contribution is -0.384. The summed E-state index contributed by atoms with van der Waals surface area (Å²) < 4.78 is 0.749. The van der Waals surface area contributed by atoms with E-state index in [9.17, 15) is 10.1 Å². The van der Waals surface area contributed by atoms with Crippen molar-refractivity contribution >= 4 is 27.3 Å². The van der Waals surface area contributed by atoms with Gasteiger partial charge >= 0.3 is 0 Å². The van der Waals surface area contributed by atoms with E-state index in [-0.39, 0.29) is 12.3 Å². The number of non-ortho nitro benzene ring substituents is 1.